The van der Waals surface area contributed by atoms with Gasteiger partial charge in [0.05, 0.1) is 0 Å². The molecule has 88 valence electrons. The highest BCUT2D eigenvalue weighted by molar-refractivity contribution is 5.72. The van der Waals surface area contributed by atoms with E-state index in [0.29, 0.717) is 5.56 Å². The van der Waals surface area contributed by atoms with Crippen LogP contribution in [-0.2, 0) is 0 Å². The first-order valence-corrected chi connectivity index (χ1v) is 5.59. The Bertz CT molecular complexity index is 548. The lowest BCUT2D eigenvalue weighted by Crippen LogP contribution is -1.86. The number of aromatic hydroxyl groups is 2. The molecule has 0 aliphatic heterocycles. The fraction of sp³-hybridized carbons (Fsp3) is 0.200. The Morgan fingerprint density at radius 3 is 2.00 bits per heavy atom. The van der Waals surface area contributed by atoms with Crippen LogP contribution in [0.25, 0.3) is 11.1 Å². The Labute approximate surface area is 101 Å². The third kappa shape index (κ3) is 2.11. The second-order valence-corrected chi connectivity index (χ2v) is 4.46. The molecule has 0 bridgehead atoms. The average Bonchev–Trinajstić information content (AvgIpc) is 2.28. The number of rotatable bonds is 1. The average molecular weight is 228 g/mol. The van der Waals surface area contributed by atoms with Crippen molar-refractivity contribution in [2.45, 2.75) is 20.8 Å². The summed E-state index contributed by atoms with van der Waals surface area (Å²) in [5.74, 6) is 0.252. The van der Waals surface area contributed by atoms with Crippen molar-refractivity contribution in [2.75, 3.05) is 0 Å². The number of aryl methyl sites for hydroxylation is 2. The molecule has 0 saturated carbocycles. The highest BCUT2D eigenvalue weighted by Gasteiger charge is 2.08. The monoisotopic (exact) mass is 228 g/mol. The van der Waals surface area contributed by atoms with Crippen LogP contribution in [0.1, 0.15) is 16.7 Å². The van der Waals surface area contributed by atoms with Gasteiger partial charge < -0.3 is 10.2 Å². The number of phenols is 2. The van der Waals surface area contributed by atoms with Crippen LogP contribution in [0.3, 0.4) is 0 Å². The quantitative estimate of drug-likeness (QED) is 0.781. The van der Waals surface area contributed by atoms with Gasteiger partial charge in [0, 0.05) is 5.56 Å². The van der Waals surface area contributed by atoms with Crippen LogP contribution in [-0.4, -0.2) is 10.2 Å². The molecule has 2 N–H and O–H groups in total. The van der Waals surface area contributed by atoms with Crippen molar-refractivity contribution < 1.29 is 10.2 Å². The van der Waals surface area contributed by atoms with E-state index in [1.54, 1.807) is 19.1 Å². The van der Waals surface area contributed by atoms with Crippen molar-refractivity contribution in [1.82, 2.24) is 0 Å². The van der Waals surface area contributed by atoms with Gasteiger partial charge in [-0.15, -0.1) is 0 Å². The second-order valence-electron chi connectivity index (χ2n) is 4.46. The maximum absolute atomic E-state index is 9.74. The highest BCUT2D eigenvalue weighted by Crippen LogP contribution is 2.34. The van der Waals surface area contributed by atoms with E-state index in [4.69, 9.17) is 0 Å². The van der Waals surface area contributed by atoms with Crippen LogP contribution in [0, 0.1) is 20.8 Å². The molecule has 2 heteroatoms. The van der Waals surface area contributed by atoms with Crippen LogP contribution < -0.4 is 0 Å². The van der Waals surface area contributed by atoms with Gasteiger partial charge in [0.2, 0.25) is 0 Å². The van der Waals surface area contributed by atoms with E-state index in [9.17, 15) is 10.2 Å². The van der Waals surface area contributed by atoms with E-state index < -0.39 is 0 Å². The smallest absolute Gasteiger partial charge is 0.122 e. The number of phenolic OH excluding ortho intramolecular Hbond substituents is 2. The molecule has 2 nitrogen and oxygen atoms in total. The molecule has 0 fully saturated rings. The summed E-state index contributed by atoms with van der Waals surface area (Å²) < 4.78 is 0. The first kappa shape index (κ1) is 11.5. The van der Waals surface area contributed by atoms with Gasteiger partial charge in [-0.2, -0.15) is 0 Å². The maximum atomic E-state index is 9.74. The minimum absolute atomic E-state index is 0.126. The lowest BCUT2D eigenvalue weighted by atomic mass is 9.97. The Morgan fingerprint density at radius 2 is 1.41 bits per heavy atom. The largest absolute Gasteiger partial charge is 0.508 e. The molecule has 0 amide bonds. The normalized spacial score (nSPS) is 10.5. The predicted octanol–water partition coefficient (Wildman–Crippen LogP) is 3.69. The molecule has 0 radical (unpaired) electrons. The molecule has 2 aromatic carbocycles. The van der Waals surface area contributed by atoms with E-state index >= 15 is 0 Å². The molecule has 2 rings (SSSR count). The summed E-state index contributed by atoms with van der Waals surface area (Å²) in [7, 11) is 0. The van der Waals surface area contributed by atoms with Gasteiger partial charge >= 0.3 is 0 Å². The Morgan fingerprint density at radius 1 is 0.824 bits per heavy atom. The zero-order valence-corrected chi connectivity index (χ0v) is 10.3. The van der Waals surface area contributed by atoms with Crippen LogP contribution in [0.5, 0.6) is 11.5 Å². The molecular weight excluding hydrogens is 212 g/mol. The summed E-state index contributed by atoms with van der Waals surface area (Å²) in [6.45, 7) is 5.73. The van der Waals surface area contributed by atoms with E-state index in [0.717, 1.165) is 22.3 Å². The van der Waals surface area contributed by atoms with Crippen molar-refractivity contribution >= 4 is 0 Å². The van der Waals surface area contributed by atoms with Crippen molar-refractivity contribution in [3.63, 3.8) is 0 Å². The predicted molar refractivity (Wildman–Crippen MR) is 69.4 cm³/mol. The van der Waals surface area contributed by atoms with Crippen LogP contribution >= 0.6 is 0 Å². The zero-order valence-electron chi connectivity index (χ0n) is 10.3. The van der Waals surface area contributed by atoms with Crippen molar-refractivity contribution in [2.24, 2.45) is 0 Å². The topological polar surface area (TPSA) is 40.5 Å². The summed E-state index contributed by atoms with van der Waals surface area (Å²) in [6.07, 6.45) is 0. The van der Waals surface area contributed by atoms with E-state index in [1.807, 2.05) is 26.0 Å². The second kappa shape index (κ2) is 4.13. The number of benzene rings is 2. The summed E-state index contributed by atoms with van der Waals surface area (Å²) in [5.41, 5.74) is 4.67. The van der Waals surface area contributed by atoms with Gasteiger partial charge in [0.1, 0.15) is 11.5 Å². The van der Waals surface area contributed by atoms with Gasteiger partial charge in [-0.25, -0.2) is 0 Å². The summed E-state index contributed by atoms with van der Waals surface area (Å²) >= 11 is 0. The lowest BCUT2D eigenvalue weighted by molar-refractivity contribution is 0.443. The van der Waals surface area contributed by atoms with Crippen LogP contribution in [0.15, 0.2) is 30.3 Å². The van der Waals surface area contributed by atoms with Crippen molar-refractivity contribution in [3.05, 3.63) is 47.0 Å². The van der Waals surface area contributed by atoms with Crippen LogP contribution in [0.2, 0.25) is 0 Å². The van der Waals surface area contributed by atoms with Gasteiger partial charge in [-0.3, -0.25) is 0 Å². The summed E-state index contributed by atoms with van der Waals surface area (Å²) in [6, 6.07) is 9.53. The molecule has 0 heterocycles. The fourth-order valence-electron chi connectivity index (χ4n) is 1.89. The maximum Gasteiger partial charge on any atom is 0.122 e. The van der Waals surface area contributed by atoms with E-state index in [1.165, 1.54) is 0 Å². The van der Waals surface area contributed by atoms with E-state index in [-0.39, 0.29) is 11.5 Å². The Kier molecular flexibility index (Phi) is 2.80. The summed E-state index contributed by atoms with van der Waals surface area (Å²) in [4.78, 5) is 0. The third-order valence-electron chi connectivity index (χ3n) is 3.06. The van der Waals surface area contributed by atoms with Crippen LogP contribution in [0.4, 0.5) is 0 Å². The first-order chi connectivity index (χ1) is 7.99. The van der Waals surface area contributed by atoms with E-state index in [2.05, 4.69) is 6.07 Å². The molecule has 0 aliphatic carbocycles. The van der Waals surface area contributed by atoms with Gasteiger partial charge in [0.15, 0.2) is 0 Å². The molecule has 0 saturated heterocycles. The Hall–Kier alpha value is -1.96. The highest BCUT2D eigenvalue weighted by atomic mass is 16.3. The minimum Gasteiger partial charge on any atom is -0.508 e. The SMILES string of the molecule is Cc1ccc(C)c(-c2cc(O)c(C)c(O)c2)c1. The van der Waals surface area contributed by atoms with Gasteiger partial charge in [-0.05, 0) is 49.6 Å². The minimum atomic E-state index is 0.126. The van der Waals surface area contributed by atoms with Crippen molar-refractivity contribution in [1.29, 1.82) is 0 Å². The first-order valence-electron chi connectivity index (χ1n) is 5.59. The molecule has 0 spiro atoms. The molecular formula is C15H16O2. The molecule has 17 heavy (non-hydrogen) atoms. The molecule has 2 aromatic rings. The molecule has 0 aliphatic rings. The third-order valence-corrected chi connectivity index (χ3v) is 3.06. The van der Waals surface area contributed by atoms with Crippen molar-refractivity contribution in [3.8, 4) is 22.6 Å². The fourth-order valence-corrected chi connectivity index (χ4v) is 1.89. The molecule has 0 aromatic heterocycles. The molecule has 0 unspecified atom stereocenters. The lowest BCUT2D eigenvalue weighted by Gasteiger charge is -2.10. The zero-order chi connectivity index (χ0) is 12.6. The van der Waals surface area contributed by atoms with Gasteiger partial charge in [-0.1, -0.05) is 23.8 Å². The Balaban J connectivity index is 2.64. The van der Waals surface area contributed by atoms with Gasteiger partial charge in [0.25, 0.3) is 0 Å². The summed E-state index contributed by atoms with van der Waals surface area (Å²) in [5, 5.41) is 19.5. The number of hydrogen-bond donors (Lipinski definition) is 2. The standard InChI is InChI=1S/C15H16O2/c1-9-4-5-10(2)13(6-9)12-7-14(16)11(3)15(17)8-12/h4-8,16-17H,1-3H3. The molecule has 0 atom stereocenters. The number of hydrogen-bond acceptors (Lipinski definition) is 2.